The average molecular weight is 209 g/mol. The van der Waals surface area contributed by atoms with E-state index < -0.39 is 0 Å². The van der Waals surface area contributed by atoms with Crippen LogP contribution in [-0.4, -0.2) is 6.54 Å². The van der Waals surface area contributed by atoms with Gasteiger partial charge in [0.05, 0.1) is 0 Å². The van der Waals surface area contributed by atoms with Crippen molar-refractivity contribution in [2.75, 3.05) is 6.54 Å². The molecule has 0 saturated heterocycles. The lowest BCUT2D eigenvalue weighted by atomic mass is 9.80. The molecule has 2 aromatic rings. The molecule has 0 radical (unpaired) electrons. The highest BCUT2D eigenvalue weighted by molar-refractivity contribution is 5.80. The summed E-state index contributed by atoms with van der Waals surface area (Å²) >= 11 is 0. The predicted molar refractivity (Wildman–Crippen MR) is 67.4 cm³/mol. The average Bonchev–Trinajstić information content (AvgIpc) is 2.62. The number of hydrogen-bond donors (Lipinski definition) is 1. The lowest BCUT2D eigenvalue weighted by Gasteiger charge is -2.25. The topological polar surface area (TPSA) is 26.0 Å². The van der Waals surface area contributed by atoms with E-state index in [9.17, 15) is 0 Å². The van der Waals surface area contributed by atoms with Gasteiger partial charge >= 0.3 is 0 Å². The van der Waals surface area contributed by atoms with Gasteiger partial charge in [0.25, 0.3) is 0 Å². The summed E-state index contributed by atoms with van der Waals surface area (Å²) in [5.74, 6) is 0. The Labute approximate surface area is 95.9 Å². The molecule has 0 spiro atoms. The van der Waals surface area contributed by atoms with Crippen LogP contribution in [0, 0.1) is 0 Å². The summed E-state index contributed by atoms with van der Waals surface area (Å²) in [5.41, 5.74) is 11.4. The highest BCUT2D eigenvalue weighted by atomic mass is 14.6. The smallest absolute Gasteiger partial charge is 0.0309 e. The summed E-state index contributed by atoms with van der Waals surface area (Å²) in [7, 11) is 0. The lowest BCUT2D eigenvalue weighted by molar-refractivity contribution is 0.600. The molecule has 1 aliphatic rings. The van der Waals surface area contributed by atoms with Crippen molar-refractivity contribution in [1.82, 2.24) is 0 Å². The van der Waals surface area contributed by atoms with Crippen molar-refractivity contribution in [3.63, 3.8) is 0 Å². The van der Waals surface area contributed by atoms with Crippen LogP contribution in [0.3, 0.4) is 0 Å². The van der Waals surface area contributed by atoms with Gasteiger partial charge in [0.1, 0.15) is 0 Å². The third-order valence-electron chi connectivity index (χ3n) is 3.74. The van der Waals surface area contributed by atoms with Crippen LogP contribution in [0.15, 0.2) is 48.5 Å². The molecule has 0 saturated carbocycles. The molecule has 1 nitrogen and oxygen atoms in total. The van der Waals surface area contributed by atoms with Gasteiger partial charge in [-0.3, -0.25) is 0 Å². The first kappa shape index (κ1) is 9.61. The van der Waals surface area contributed by atoms with Crippen LogP contribution in [0.4, 0.5) is 0 Å². The third-order valence-corrected chi connectivity index (χ3v) is 3.74. The molecule has 0 bridgehead atoms. The summed E-state index contributed by atoms with van der Waals surface area (Å²) in [4.78, 5) is 0. The molecular weight excluding hydrogens is 194 g/mol. The van der Waals surface area contributed by atoms with E-state index in [1.54, 1.807) is 0 Å². The standard InChI is InChI=1S/C15H15N/c1-15(10-16)13-8-4-2-6-11(13)12-7-3-5-9-14(12)15/h2-9H,10,16H2,1H3. The first-order valence-electron chi connectivity index (χ1n) is 5.67. The van der Waals surface area contributed by atoms with E-state index in [1.165, 1.54) is 22.3 Å². The second-order valence-corrected chi connectivity index (χ2v) is 4.63. The van der Waals surface area contributed by atoms with Crippen molar-refractivity contribution < 1.29 is 0 Å². The van der Waals surface area contributed by atoms with Crippen molar-refractivity contribution in [1.29, 1.82) is 0 Å². The summed E-state index contributed by atoms with van der Waals surface area (Å²) in [6.45, 7) is 2.89. The molecule has 0 aromatic heterocycles. The highest BCUT2D eigenvalue weighted by Crippen LogP contribution is 2.47. The lowest BCUT2D eigenvalue weighted by Crippen LogP contribution is -2.30. The predicted octanol–water partition coefficient (Wildman–Crippen LogP) is 2.93. The first-order chi connectivity index (χ1) is 7.77. The monoisotopic (exact) mass is 209 g/mol. The van der Waals surface area contributed by atoms with Gasteiger partial charge in [-0.15, -0.1) is 0 Å². The van der Waals surface area contributed by atoms with Crippen LogP contribution >= 0.6 is 0 Å². The minimum absolute atomic E-state index is 0.0206. The van der Waals surface area contributed by atoms with Gasteiger partial charge in [-0.2, -0.15) is 0 Å². The van der Waals surface area contributed by atoms with E-state index in [0.717, 1.165) is 0 Å². The minimum Gasteiger partial charge on any atom is -0.329 e. The molecule has 0 atom stereocenters. The second-order valence-electron chi connectivity index (χ2n) is 4.63. The molecule has 2 aromatic carbocycles. The van der Waals surface area contributed by atoms with E-state index in [0.29, 0.717) is 6.54 Å². The Hall–Kier alpha value is -1.60. The molecular formula is C15H15N. The van der Waals surface area contributed by atoms with Crippen molar-refractivity contribution in [2.45, 2.75) is 12.3 Å². The van der Waals surface area contributed by atoms with Crippen molar-refractivity contribution in [3.8, 4) is 11.1 Å². The Morgan fingerprint density at radius 2 is 1.31 bits per heavy atom. The maximum absolute atomic E-state index is 6.00. The maximum atomic E-state index is 6.00. The largest absolute Gasteiger partial charge is 0.329 e. The molecule has 0 unspecified atom stereocenters. The molecule has 3 rings (SSSR count). The molecule has 0 aliphatic heterocycles. The zero-order valence-corrected chi connectivity index (χ0v) is 9.40. The van der Waals surface area contributed by atoms with Crippen LogP contribution in [0.5, 0.6) is 0 Å². The summed E-state index contributed by atoms with van der Waals surface area (Å²) in [6.07, 6.45) is 0. The normalized spacial score (nSPS) is 15.6. The molecule has 0 heterocycles. The van der Waals surface area contributed by atoms with Crippen molar-refractivity contribution >= 4 is 0 Å². The molecule has 1 aliphatic carbocycles. The van der Waals surface area contributed by atoms with E-state index in [1.807, 2.05) is 0 Å². The zero-order chi connectivity index (χ0) is 11.2. The molecule has 1 heteroatoms. The van der Waals surface area contributed by atoms with E-state index in [2.05, 4.69) is 55.5 Å². The number of fused-ring (bicyclic) bond motifs is 3. The van der Waals surface area contributed by atoms with E-state index in [-0.39, 0.29) is 5.41 Å². The molecule has 0 fully saturated rings. The van der Waals surface area contributed by atoms with Gasteiger partial charge in [0.2, 0.25) is 0 Å². The molecule has 80 valence electrons. The number of hydrogen-bond acceptors (Lipinski definition) is 1. The minimum atomic E-state index is -0.0206. The summed E-state index contributed by atoms with van der Waals surface area (Å²) < 4.78 is 0. The zero-order valence-electron chi connectivity index (χ0n) is 9.40. The van der Waals surface area contributed by atoms with Crippen LogP contribution in [0.1, 0.15) is 18.1 Å². The van der Waals surface area contributed by atoms with Gasteiger partial charge < -0.3 is 5.73 Å². The van der Waals surface area contributed by atoms with E-state index in [4.69, 9.17) is 5.73 Å². The SMILES string of the molecule is CC1(CN)c2ccccc2-c2ccccc21. The van der Waals surface area contributed by atoms with Crippen molar-refractivity contribution in [2.24, 2.45) is 5.73 Å². The van der Waals surface area contributed by atoms with Gasteiger partial charge in [0, 0.05) is 12.0 Å². The van der Waals surface area contributed by atoms with Crippen LogP contribution in [0.25, 0.3) is 11.1 Å². The number of rotatable bonds is 1. The second kappa shape index (κ2) is 3.19. The Bertz CT molecular complexity index is 497. The maximum Gasteiger partial charge on any atom is 0.0309 e. The Morgan fingerprint density at radius 3 is 1.75 bits per heavy atom. The summed E-state index contributed by atoms with van der Waals surface area (Å²) in [6, 6.07) is 17.2. The van der Waals surface area contributed by atoms with E-state index >= 15 is 0 Å². The number of benzene rings is 2. The fourth-order valence-electron chi connectivity index (χ4n) is 2.76. The van der Waals surface area contributed by atoms with Gasteiger partial charge in [-0.25, -0.2) is 0 Å². The number of nitrogens with two attached hydrogens (primary N) is 1. The first-order valence-corrected chi connectivity index (χ1v) is 5.67. The fourth-order valence-corrected chi connectivity index (χ4v) is 2.76. The third kappa shape index (κ3) is 1.04. The van der Waals surface area contributed by atoms with Crippen LogP contribution < -0.4 is 5.73 Å². The van der Waals surface area contributed by atoms with Crippen molar-refractivity contribution in [3.05, 3.63) is 59.7 Å². The van der Waals surface area contributed by atoms with Gasteiger partial charge in [0.15, 0.2) is 0 Å². The van der Waals surface area contributed by atoms with Crippen LogP contribution in [-0.2, 0) is 5.41 Å². The Morgan fingerprint density at radius 1 is 0.875 bits per heavy atom. The highest BCUT2D eigenvalue weighted by Gasteiger charge is 2.37. The summed E-state index contributed by atoms with van der Waals surface area (Å²) in [5, 5.41) is 0. The van der Waals surface area contributed by atoms with Crippen LogP contribution in [0.2, 0.25) is 0 Å². The van der Waals surface area contributed by atoms with Gasteiger partial charge in [-0.05, 0) is 22.3 Å². The molecule has 16 heavy (non-hydrogen) atoms. The Kier molecular flexibility index (Phi) is 1.92. The quantitative estimate of drug-likeness (QED) is 0.767. The molecule has 2 N–H and O–H groups in total. The molecule has 0 amide bonds. The fraction of sp³-hybridized carbons (Fsp3) is 0.200. The van der Waals surface area contributed by atoms with Gasteiger partial charge in [-0.1, -0.05) is 55.5 Å². The Balaban J connectivity index is 2.39.